The molecule has 0 radical (unpaired) electrons. The SMILES string of the molecule is O=C(NCCCc1ncc[nH]1)c1cc(Br)c(Br)s1. The predicted molar refractivity (Wildman–Crippen MR) is 79.0 cm³/mol. The molecule has 0 aromatic carbocycles. The van der Waals surface area contributed by atoms with Crippen molar-refractivity contribution in [3.63, 3.8) is 0 Å². The number of hydrogen-bond donors (Lipinski definition) is 2. The summed E-state index contributed by atoms with van der Waals surface area (Å²) in [5.74, 6) is 0.914. The second-order valence-electron chi connectivity index (χ2n) is 3.63. The number of aromatic amines is 1. The number of halogens is 2. The Kier molecular flexibility index (Phi) is 4.96. The van der Waals surface area contributed by atoms with E-state index in [9.17, 15) is 4.79 Å². The number of carbonyl (C=O) groups excluding carboxylic acids is 1. The van der Waals surface area contributed by atoms with Gasteiger partial charge in [0.1, 0.15) is 5.82 Å². The largest absolute Gasteiger partial charge is 0.351 e. The van der Waals surface area contributed by atoms with Crippen LogP contribution in [0.1, 0.15) is 21.9 Å². The number of nitrogens with zero attached hydrogens (tertiary/aromatic N) is 1. The third-order valence-corrected chi connectivity index (χ3v) is 5.55. The Labute approximate surface area is 125 Å². The Morgan fingerprint density at radius 1 is 1.50 bits per heavy atom. The van der Waals surface area contributed by atoms with Gasteiger partial charge in [-0.05, 0) is 44.3 Å². The van der Waals surface area contributed by atoms with Crippen LogP contribution in [0.25, 0.3) is 0 Å². The number of H-pyrrole nitrogens is 1. The minimum absolute atomic E-state index is 0.0363. The fourth-order valence-corrected chi connectivity index (χ4v) is 3.39. The lowest BCUT2D eigenvalue weighted by Crippen LogP contribution is -2.23. The lowest BCUT2D eigenvalue weighted by Gasteiger charge is -2.02. The fraction of sp³-hybridized carbons (Fsp3) is 0.273. The molecule has 0 atom stereocenters. The van der Waals surface area contributed by atoms with Gasteiger partial charge in [0.15, 0.2) is 0 Å². The average molecular weight is 393 g/mol. The highest BCUT2D eigenvalue weighted by Gasteiger charge is 2.11. The van der Waals surface area contributed by atoms with Crippen molar-refractivity contribution in [1.82, 2.24) is 15.3 Å². The Morgan fingerprint density at radius 2 is 2.33 bits per heavy atom. The minimum Gasteiger partial charge on any atom is -0.351 e. The summed E-state index contributed by atoms with van der Waals surface area (Å²) in [6.45, 7) is 0.646. The Bertz CT molecular complexity index is 505. The number of aromatic nitrogens is 2. The molecule has 2 aromatic rings. The van der Waals surface area contributed by atoms with Crippen LogP contribution in [0.4, 0.5) is 0 Å². The van der Waals surface area contributed by atoms with E-state index in [0.29, 0.717) is 11.4 Å². The van der Waals surface area contributed by atoms with Crippen LogP contribution in [0.15, 0.2) is 26.7 Å². The highest BCUT2D eigenvalue weighted by atomic mass is 79.9. The first kappa shape index (κ1) is 13.8. The molecular weight excluding hydrogens is 382 g/mol. The molecule has 0 saturated carbocycles. The van der Waals surface area contributed by atoms with Crippen molar-refractivity contribution in [1.29, 1.82) is 0 Å². The molecular formula is C11H11Br2N3OS. The molecule has 2 heterocycles. The van der Waals surface area contributed by atoms with Gasteiger partial charge in [-0.2, -0.15) is 0 Å². The minimum atomic E-state index is -0.0363. The van der Waals surface area contributed by atoms with Gasteiger partial charge in [-0.25, -0.2) is 4.98 Å². The van der Waals surface area contributed by atoms with Crippen molar-refractivity contribution in [2.45, 2.75) is 12.8 Å². The van der Waals surface area contributed by atoms with Gasteiger partial charge in [-0.15, -0.1) is 11.3 Å². The Morgan fingerprint density at radius 3 is 2.94 bits per heavy atom. The van der Waals surface area contributed by atoms with Crippen molar-refractivity contribution < 1.29 is 4.79 Å². The maximum Gasteiger partial charge on any atom is 0.261 e. The molecule has 7 heteroatoms. The summed E-state index contributed by atoms with van der Waals surface area (Å²) >= 11 is 8.15. The van der Waals surface area contributed by atoms with E-state index < -0.39 is 0 Å². The lowest BCUT2D eigenvalue weighted by molar-refractivity contribution is 0.0957. The first-order valence-corrected chi connectivity index (χ1v) is 7.78. The van der Waals surface area contributed by atoms with E-state index in [2.05, 4.69) is 47.1 Å². The number of thiophene rings is 1. The van der Waals surface area contributed by atoms with Crippen LogP contribution < -0.4 is 5.32 Å². The van der Waals surface area contributed by atoms with Gasteiger partial charge in [-0.1, -0.05) is 0 Å². The molecule has 2 aromatic heterocycles. The summed E-state index contributed by atoms with van der Waals surface area (Å²) in [4.78, 5) is 19.7. The fourth-order valence-electron chi connectivity index (χ4n) is 1.44. The molecule has 2 rings (SSSR count). The molecule has 2 N–H and O–H groups in total. The van der Waals surface area contributed by atoms with Crippen molar-refractivity contribution >= 4 is 49.1 Å². The van der Waals surface area contributed by atoms with Crippen LogP contribution in [0, 0.1) is 0 Å². The zero-order valence-electron chi connectivity index (χ0n) is 9.37. The van der Waals surface area contributed by atoms with Gasteiger partial charge < -0.3 is 10.3 Å². The van der Waals surface area contributed by atoms with E-state index in [-0.39, 0.29) is 5.91 Å². The third kappa shape index (κ3) is 3.66. The third-order valence-electron chi connectivity index (χ3n) is 2.30. The molecule has 4 nitrogen and oxygen atoms in total. The summed E-state index contributed by atoms with van der Waals surface area (Å²) in [5.41, 5.74) is 0. The number of amides is 1. The van der Waals surface area contributed by atoms with Crippen LogP contribution in [0.3, 0.4) is 0 Å². The standard InChI is InChI=1S/C11H11Br2N3OS/c12-7-6-8(18-10(7)13)11(17)16-3-1-2-9-14-4-5-15-9/h4-6H,1-3H2,(H,14,15)(H,16,17). The number of nitrogens with one attached hydrogen (secondary N) is 2. The maximum atomic E-state index is 11.8. The van der Waals surface area contributed by atoms with Gasteiger partial charge >= 0.3 is 0 Å². The molecule has 18 heavy (non-hydrogen) atoms. The second kappa shape index (κ2) is 6.49. The van der Waals surface area contributed by atoms with Gasteiger partial charge in [0, 0.05) is 29.8 Å². The Balaban J connectivity index is 1.75. The number of carbonyl (C=O) groups is 1. The lowest BCUT2D eigenvalue weighted by atomic mass is 10.3. The molecule has 0 saturated heterocycles. The Hall–Kier alpha value is -0.660. The van der Waals surface area contributed by atoms with Gasteiger partial charge in [0.05, 0.1) is 8.66 Å². The van der Waals surface area contributed by atoms with E-state index in [0.717, 1.165) is 26.9 Å². The number of hydrogen-bond acceptors (Lipinski definition) is 3. The molecule has 0 unspecified atom stereocenters. The molecule has 0 fully saturated rings. The first-order valence-electron chi connectivity index (χ1n) is 5.38. The van der Waals surface area contributed by atoms with Crippen molar-refractivity contribution in [3.05, 3.63) is 37.4 Å². The molecule has 0 aliphatic carbocycles. The van der Waals surface area contributed by atoms with Crippen LogP contribution in [0.2, 0.25) is 0 Å². The van der Waals surface area contributed by atoms with Crippen molar-refractivity contribution in [3.8, 4) is 0 Å². The van der Waals surface area contributed by atoms with Gasteiger partial charge in [0.25, 0.3) is 5.91 Å². The van der Waals surface area contributed by atoms with Crippen LogP contribution in [0.5, 0.6) is 0 Å². The summed E-state index contributed by atoms with van der Waals surface area (Å²) in [5, 5.41) is 2.89. The summed E-state index contributed by atoms with van der Waals surface area (Å²) in [6.07, 6.45) is 5.24. The highest BCUT2D eigenvalue weighted by Crippen LogP contribution is 2.32. The highest BCUT2D eigenvalue weighted by molar-refractivity contribution is 9.13. The molecule has 1 amide bonds. The number of imidazole rings is 1. The van der Waals surface area contributed by atoms with E-state index in [1.165, 1.54) is 11.3 Å². The second-order valence-corrected chi connectivity index (χ2v) is 6.85. The number of rotatable bonds is 5. The molecule has 0 bridgehead atoms. The van der Waals surface area contributed by atoms with Crippen molar-refractivity contribution in [2.75, 3.05) is 6.54 Å². The zero-order chi connectivity index (χ0) is 13.0. The summed E-state index contributed by atoms with van der Waals surface area (Å²) in [7, 11) is 0. The smallest absolute Gasteiger partial charge is 0.261 e. The number of aryl methyl sites for hydroxylation is 1. The van der Waals surface area contributed by atoms with E-state index in [1.54, 1.807) is 12.4 Å². The average Bonchev–Trinajstić information content (AvgIpc) is 2.96. The molecule has 0 aliphatic rings. The van der Waals surface area contributed by atoms with Gasteiger partial charge in [-0.3, -0.25) is 4.79 Å². The van der Waals surface area contributed by atoms with Crippen LogP contribution >= 0.6 is 43.2 Å². The van der Waals surface area contributed by atoms with E-state index >= 15 is 0 Å². The quantitative estimate of drug-likeness (QED) is 0.766. The maximum absolute atomic E-state index is 11.8. The van der Waals surface area contributed by atoms with Crippen LogP contribution in [-0.4, -0.2) is 22.4 Å². The van der Waals surface area contributed by atoms with E-state index in [1.807, 2.05) is 6.07 Å². The summed E-state index contributed by atoms with van der Waals surface area (Å²) in [6, 6.07) is 1.82. The predicted octanol–water partition coefficient (Wildman–Crippen LogP) is 3.36. The molecule has 0 spiro atoms. The molecule has 0 aliphatic heterocycles. The molecule has 96 valence electrons. The monoisotopic (exact) mass is 391 g/mol. The van der Waals surface area contributed by atoms with Crippen LogP contribution in [-0.2, 0) is 6.42 Å². The summed E-state index contributed by atoms with van der Waals surface area (Å²) < 4.78 is 1.84. The normalized spacial score (nSPS) is 10.6. The van der Waals surface area contributed by atoms with E-state index in [4.69, 9.17) is 0 Å². The van der Waals surface area contributed by atoms with Crippen molar-refractivity contribution in [2.24, 2.45) is 0 Å². The first-order chi connectivity index (χ1) is 8.66. The zero-order valence-corrected chi connectivity index (χ0v) is 13.4. The topological polar surface area (TPSA) is 57.8 Å². The van der Waals surface area contributed by atoms with Gasteiger partial charge in [0.2, 0.25) is 0 Å².